The first-order chi connectivity index (χ1) is 16.5. The lowest BCUT2D eigenvalue weighted by Gasteiger charge is -2.17. The highest BCUT2D eigenvalue weighted by molar-refractivity contribution is 7.99. The van der Waals surface area contributed by atoms with Gasteiger partial charge in [0.15, 0.2) is 11.0 Å². The van der Waals surface area contributed by atoms with E-state index in [9.17, 15) is 14.4 Å². The van der Waals surface area contributed by atoms with E-state index in [4.69, 9.17) is 10.7 Å². The van der Waals surface area contributed by atoms with Gasteiger partial charge in [0, 0.05) is 12.2 Å². The van der Waals surface area contributed by atoms with E-state index < -0.39 is 5.91 Å². The van der Waals surface area contributed by atoms with Crippen molar-refractivity contribution in [1.29, 1.82) is 0 Å². The molecular formula is C23H22N6O3S2. The standard InChI is InChI=1S/C23H22N6O3S2/c24-19(31)15-10-12-33-21(15)25-17(30)13-34-23-26-20-18(16-9-5-2-6-11-28(16)23)22(32)29(27-20)14-7-3-1-4-8-14/h1,3-4,7-8,10,12H,2,5-6,9,11,13H2,(H2,24,31)(H,25,30). The molecule has 3 aliphatic rings. The van der Waals surface area contributed by atoms with E-state index in [2.05, 4.69) is 15.0 Å². The van der Waals surface area contributed by atoms with Gasteiger partial charge in [-0.2, -0.15) is 4.68 Å². The maximum absolute atomic E-state index is 13.3. The van der Waals surface area contributed by atoms with Crippen LogP contribution in [0.5, 0.6) is 0 Å². The van der Waals surface area contributed by atoms with Gasteiger partial charge in [-0.25, -0.2) is 4.98 Å². The van der Waals surface area contributed by atoms with Crippen LogP contribution in [-0.2, 0) is 17.8 Å². The molecule has 3 N–H and O–H groups in total. The number of amides is 2. The summed E-state index contributed by atoms with van der Waals surface area (Å²) in [7, 11) is 0. The summed E-state index contributed by atoms with van der Waals surface area (Å²) in [6.45, 7) is 0.731. The van der Waals surface area contributed by atoms with E-state index in [0.29, 0.717) is 32.8 Å². The second kappa shape index (κ2) is 9.43. The average Bonchev–Trinajstić information content (AvgIpc) is 3.34. The number of aromatic nitrogens is 4. The molecule has 34 heavy (non-hydrogen) atoms. The van der Waals surface area contributed by atoms with Crippen LogP contribution in [0, 0.1) is 0 Å². The summed E-state index contributed by atoms with van der Waals surface area (Å²) in [4.78, 5) is 42.1. The monoisotopic (exact) mass is 494 g/mol. The number of thioether (sulfide) groups is 1. The third-order valence-electron chi connectivity index (χ3n) is 5.68. The number of thiophene rings is 1. The molecule has 5 rings (SSSR count). The smallest absolute Gasteiger partial charge is 0.284 e. The van der Waals surface area contributed by atoms with Crippen LogP contribution in [0.2, 0.25) is 0 Å². The molecule has 0 saturated carbocycles. The van der Waals surface area contributed by atoms with Crippen molar-refractivity contribution in [3.8, 4) is 17.1 Å². The SMILES string of the molecule is NC(=O)c1ccsc1NC(=O)CSc1nc2nn(-c3ccccc3)c(=O)c-2c2n1CCCCC2. The lowest BCUT2D eigenvalue weighted by molar-refractivity contribution is -0.113. The van der Waals surface area contributed by atoms with E-state index in [1.54, 1.807) is 11.4 Å². The van der Waals surface area contributed by atoms with Crippen molar-refractivity contribution in [2.45, 2.75) is 37.4 Å². The predicted molar refractivity (Wildman–Crippen MR) is 132 cm³/mol. The fourth-order valence-corrected chi connectivity index (χ4v) is 5.75. The van der Waals surface area contributed by atoms with Crippen molar-refractivity contribution in [3.05, 3.63) is 63.4 Å². The summed E-state index contributed by atoms with van der Waals surface area (Å²) in [6.07, 6.45) is 3.77. The molecule has 0 radical (unpaired) electrons. The molecule has 0 bridgehead atoms. The molecule has 0 spiro atoms. The second-order valence-electron chi connectivity index (χ2n) is 7.92. The number of nitrogens with two attached hydrogens (primary N) is 1. The van der Waals surface area contributed by atoms with Crippen molar-refractivity contribution in [2.24, 2.45) is 5.73 Å². The number of rotatable bonds is 6. The topological polar surface area (TPSA) is 125 Å². The molecule has 2 amide bonds. The molecule has 0 atom stereocenters. The van der Waals surface area contributed by atoms with Gasteiger partial charge in [0.2, 0.25) is 5.91 Å². The summed E-state index contributed by atoms with van der Waals surface area (Å²) < 4.78 is 3.46. The molecular weight excluding hydrogens is 472 g/mol. The van der Waals surface area contributed by atoms with Crippen LogP contribution in [0.25, 0.3) is 17.1 Å². The summed E-state index contributed by atoms with van der Waals surface area (Å²) in [5.41, 5.74) is 7.64. The van der Waals surface area contributed by atoms with Crippen molar-refractivity contribution in [3.63, 3.8) is 0 Å². The van der Waals surface area contributed by atoms with Crippen LogP contribution < -0.4 is 16.6 Å². The van der Waals surface area contributed by atoms with Crippen molar-refractivity contribution in [2.75, 3.05) is 11.1 Å². The van der Waals surface area contributed by atoms with Crippen LogP contribution in [0.4, 0.5) is 5.00 Å². The Morgan fingerprint density at radius 3 is 2.76 bits per heavy atom. The van der Waals surface area contributed by atoms with E-state index in [1.165, 1.54) is 27.8 Å². The first-order valence-corrected chi connectivity index (χ1v) is 12.8. The molecule has 2 aromatic rings. The van der Waals surface area contributed by atoms with Crippen molar-refractivity contribution in [1.82, 2.24) is 19.3 Å². The molecule has 3 aliphatic heterocycles. The summed E-state index contributed by atoms with van der Waals surface area (Å²) in [5.74, 6) is -0.365. The molecule has 4 heterocycles. The van der Waals surface area contributed by atoms with E-state index in [1.807, 2.05) is 30.3 Å². The second-order valence-corrected chi connectivity index (χ2v) is 9.78. The number of benzene rings is 1. The molecule has 0 unspecified atom stereocenters. The molecule has 9 nitrogen and oxygen atoms in total. The van der Waals surface area contributed by atoms with E-state index in [0.717, 1.165) is 37.9 Å². The maximum atomic E-state index is 13.3. The van der Waals surface area contributed by atoms with Crippen LogP contribution >= 0.6 is 23.1 Å². The van der Waals surface area contributed by atoms with Gasteiger partial charge in [0.05, 0.1) is 17.0 Å². The minimum Gasteiger partial charge on any atom is -0.366 e. The number of carbonyl (C=O) groups excluding carboxylic acids is 2. The molecule has 174 valence electrons. The van der Waals surface area contributed by atoms with Crippen LogP contribution in [0.3, 0.4) is 0 Å². The molecule has 0 aliphatic carbocycles. The Kier molecular flexibility index (Phi) is 6.20. The first kappa shape index (κ1) is 22.4. The Labute approximate surface area is 203 Å². The highest BCUT2D eigenvalue weighted by Gasteiger charge is 2.27. The van der Waals surface area contributed by atoms with Gasteiger partial charge in [-0.1, -0.05) is 36.4 Å². The third-order valence-corrected chi connectivity index (χ3v) is 7.49. The average molecular weight is 495 g/mol. The van der Waals surface area contributed by atoms with Crippen molar-refractivity contribution >= 4 is 39.9 Å². The number of nitrogens with zero attached hydrogens (tertiary/aromatic N) is 4. The molecule has 1 aromatic carbocycles. The molecule has 0 fully saturated rings. The first-order valence-electron chi connectivity index (χ1n) is 10.9. The zero-order valence-electron chi connectivity index (χ0n) is 18.2. The number of fused-ring (bicyclic) bond motifs is 3. The highest BCUT2D eigenvalue weighted by atomic mass is 32.2. The van der Waals surface area contributed by atoms with Crippen LogP contribution in [0.1, 0.15) is 35.3 Å². The zero-order chi connectivity index (χ0) is 23.7. The van der Waals surface area contributed by atoms with Gasteiger partial charge in [-0.3, -0.25) is 14.4 Å². The van der Waals surface area contributed by atoms with Gasteiger partial charge in [0.25, 0.3) is 11.5 Å². The summed E-state index contributed by atoms with van der Waals surface area (Å²) in [6, 6.07) is 10.9. The number of hydrogen-bond donors (Lipinski definition) is 2. The minimum absolute atomic E-state index is 0.0949. The summed E-state index contributed by atoms with van der Waals surface area (Å²) in [5, 5.41) is 10.1. The van der Waals surface area contributed by atoms with Crippen LogP contribution in [0.15, 0.2) is 51.7 Å². The van der Waals surface area contributed by atoms with Gasteiger partial charge in [0.1, 0.15) is 10.6 Å². The Balaban J connectivity index is 1.47. The number of primary amides is 1. The Hall–Kier alpha value is -3.44. The predicted octanol–water partition coefficient (Wildman–Crippen LogP) is 3.15. The number of nitrogens with one attached hydrogen (secondary N) is 1. The quantitative estimate of drug-likeness (QED) is 0.313. The Bertz CT molecular complexity index is 1390. The van der Waals surface area contributed by atoms with Gasteiger partial charge in [-0.05, 0) is 42.8 Å². The van der Waals surface area contributed by atoms with Gasteiger partial charge in [-0.15, -0.1) is 16.4 Å². The fourth-order valence-electron chi connectivity index (χ4n) is 4.10. The van der Waals surface area contributed by atoms with Gasteiger partial charge >= 0.3 is 0 Å². The van der Waals surface area contributed by atoms with Gasteiger partial charge < -0.3 is 15.6 Å². The zero-order valence-corrected chi connectivity index (χ0v) is 19.8. The number of anilines is 1. The Morgan fingerprint density at radius 1 is 1.15 bits per heavy atom. The largest absolute Gasteiger partial charge is 0.366 e. The normalized spacial score (nSPS) is 13.4. The molecule has 0 saturated heterocycles. The molecule has 1 aromatic heterocycles. The number of carbonyl (C=O) groups is 2. The van der Waals surface area contributed by atoms with Crippen LogP contribution in [-0.4, -0.2) is 36.9 Å². The summed E-state index contributed by atoms with van der Waals surface area (Å²) >= 11 is 2.54. The Morgan fingerprint density at radius 2 is 1.97 bits per heavy atom. The highest BCUT2D eigenvalue weighted by Crippen LogP contribution is 2.31. The lowest BCUT2D eigenvalue weighted by atomic mass is 10.1. The van der Waals surface area contributed by atoms with E-state index >= 15 is 0 Å². The molecule has 11 heteroatoms. The van der Waals surface area contributed by atoms with Crippen molar-refractivity contribution < 1.29 is 9.59 Å². The maximum Gasteiger partial charge on any atom is 0.284 e. The lowest BCUT2D eigenvalue weighted by Crippen LogP contribution is -2.20. The number of hydrogen-bond acceptors (Lipinski definition) is 7. The minimum atomic E-state index is -0.584. The third kappa shape index (κ3) is 4.24. The number of para-hydroxylation sites is 1. The van der Waals surface area contributed by atoms with E-state index in [-0.39, 0.29) is 17.2 Å². The fraction of sp³-hybridized carbons (Fsp3) is 0.261.